The van der Waals surface area contributed by atoms with E-state index in [1.807, 2.05) is 6.26 Å². The van der Waals surface area contributed by atoms with Crippen LogP contribution in [0.15, 0.2) is 27.6 Å². The minimum absolute atomic E-state index is 0.209. The summed E-state index contributed by atoms with van der Waals surface area (Å²) in [7, 11) is -1.90. The Bertz CT molecular complexity index is 491. The zero-order valence-electron chi connectivity index (χ0n) is 9.68. The van der Waals surface area contributed by atoms with Gasteiger partial charge in [-0.25, -0.2) is 12.7 Å². The molecule has 4 nitrogen and oxygen atoms in total. The molecule has 0 atom stereocenters. The van der Waals surface area contributed by atoms with Gasteiger partial charge in [0.25, 0.3) is 0 Å². The minimum atomic E-state index is -3.47. The first-order chi connectivity index (χ1) is 7.89. The molecule has 0 bridgehead atoms. The van der Waals surface area contributed by atoms with Gasteiger partial charge in [0.2, 0.25) is 10.0 Å². The van der Waals surface area contributed by atoms with Gasteiger partial charge in [0.1, 0.15) is 0 Å². The second-order valence-electron chi connectivity index (χ2n) is 3.51. The monoisotopic (exact) mass is 338 g/mol. The van der Waals surface area contributed by atoms with E-state index >= 15 is 0 Å². The highest BCUT2D eigenvalue weighted by atomic mass is 79.9. The molecule has 7 heteroatoms. The molecule has 1 aromatic rings. The van der Waals surface area contributed by atoms with Crippen LogP contribution in [0.4, 0.5) is 5.69 Å². The van der Waals surface area contributed by atoms with Crippen LogP contribution in [0.3, 0.4) is 0 Å². The quantitative estimate of drug-likeness (QED) is 0.834. The highest BCUT2D eigenvalue weighted by molar-refractivity contribution is 9.10. The fourth-order valence-electron chi connectivity index (χ4n) is 1.23. The molecule has 96 valence electrons. The topological polar surface area (TPSA) is 63.4 Å². The number of hydrogen-bond donors (Lipinski definition) is 1. The smallest absolute Gasteiger partial charge is 0.244 e. The average molecular weight is 339 g/mol. The molecule has 1 aromatic carbocycles. The van der Waals surface area contributed by atoms with E-state index in [1.54, 1.807) is 30.9 Å². The van der Waals surface area contributed by atoms with Gasteiger partial charge in [-0.2, -0.15) is 11.8 Å². The zero-order valence-corrected chi connectivity index (χ0v) is 12.9. The molecule has 0 aliphatic heterocycles. The van der Waals surface area contributed by atoms with Crippen molar-refractivity contribution in [3.05, 3.63) is 22.7 Å². The molecule has 1 rings (SSSR count). The van der Waals surface area contributed by atoms with E-state index in [9.17, 15) is 8.42 Å². The van der Waals surface area contributed by atoms with Crippen molar-refractivity contribution >= 4 is 43.4 Å². The molecule has 0 aliphatic rings. The van der Waals surface area contributed by atoms with Gasteiger partial charge in [0.15, 0.2) is 0 Å². The first-order valence-corrected chi connectivity index (χ1v) is 8.52. The summed E-state index contributed by atoms with van der Waals surface area (Å²) in [5, 5.41) is 0. The van der Waals surface area contributed by atoms with Crippen molar-refractivity contribution in [3.8, 4) is 0 Å². The maximum absolute atomic E-state index is 12.2. The number of nitrogens with zero attached hydrogens (tertiary/aromatic N) is 1. The summed E-state index contributed by atoms with van der Waals surface area (Å²) >= 11 is 4.84. The maximum atomic E-state index is 12.2. The Balaban J connectivity index is 3.08. The fraction of sp³-hybridized carbons (Fsp3) is 0.400. The first-order valence-electron chi connectivity index (χ1n) is 4.90. The number of benzene rings is 1. The van der Waals surface area contributed by atoms with Crippen LogP contribution in [0.1, 0.15) is 0 Å². The number of hydrogen-bond acceptors (Lipinski definition) is 4. The van der Waals surface area contributed by atoms with E-state index in [1.165, 1.54) is 10.4 Å². The number of anilines is 1. The maximum Gasteiger partial charge on any atom is 0.244 e. The lowest BCUT2D eigenvalue weighted by Gasteiger charge is -2.17. The molecule has 0 radical (unpaired) electrons. The summed E-state index contributed by atoms with van der Waals surface area (Å²) in [6, 6.07) is 4.77. The molecule has 0 saturated heterocycles. The molecule has 0 heterocycles. The molecular formula is C10H15BrN2O2S2. The van der Waals surface area contributed by atoms with Gasteiger partial charge in [0, 0.05) is 29.5 Å². The molecule has 0 fully saturated rings. The number of sulfonamides is 1. The Morgan fingerprint density at radius 2 is 2.12 bits per heavy atom. The predicted molar refractivity (Wildman–Crippen MR) is 76.8 cm³/mol. The molecule has 0 spiro atoms. The number of nitrogen functional groups attached to an aromatic ring is 1. The third kappa shape index (κ3) is 3.61. The molecule has 0 saturated carbocycles. The summed E-state index contributed by atoms with van der Waals surface area (Å²) < 4.78 is 26.4. The predicted octanol–water partition coefficient (Wildman–Crippen LogP) is 2.01. The van der Waals surface area contributed by atoms with Crippen molar-refractivity contribution in [1.82, 2.24) is 4.31 Å². The first kappa shape index (κ1) is 14.8. The Hall–Kier alpha value is -0.240. The molecule has 0 aromatic heterocycles. The number of nitrogens with two attached hydrogens (primary N) is 1. The SMILES string of the molecule is CSCCN(C)S(=O)(=O)c1cc(N)ccc1Br. The van der Waals surface area contributed by atoms with Crippen molar-refractivity contribution in [2.75, 3.05) is 31.3 Å². The van der Waals surface area contributed by atoms with E-state index in [-0.39, 0.29) is 4.90 Å². The largest absolute Gasteiger partial charge is 0.399 e. The lowest BCUT2D eigenvalue weighted by molar-refractivity contribution is 0.488. The Kier molecular flexibility index (Phi) is 5.30. The van der Waals surface area contributed by atoms with Crippen LogP contribution in [0.25, 0.3) is 0 Å². The van der Waals surface area contributed by atoms with Crippen LogP contribution in [0.5, 0.6) is 0 Å². The van der Waals surface area contributed by atoms with Gasteiger partial charge in [-0.15, -0.1) is 0 Å². The highest BCUT2D eigenvalue weighted by Crippen LogP contribution is 2.26. The van der Waals surface area contributed by atoms with Crippen LogP contribution in [0, 0.1) is 0 Å². The van der Waals surface area contributed by atoms with Gasteiger partial charge >= 0.3 is 0 Å². The van der Waals surface area contributed by atoms with Gasteiger partial charge in [-0.1, -0.05) is 0 Å². The Morgan fingerprint density at radius 1 is 1.47 bits per heavy atom. The number of thioether (sulfide) groups is 1. The molecule has 0 amide bonds. The Morgan fingerprint density at radius 3 is 2.71 bits per heavy atom. The van der Waals surface area contributed by atoms with E-state index < -0.39 is 10.0 Å². The minimum Gasteiger partial charge on any atom is -0.399 e. The van der Waals surface area contributed by atoms with Gasteiger partial charge < -0.3 is 5.73 Å². The second kappa shape index (κ2) is 6.08. The molecule has 0 unspecified atom stereocenters. The van der Waals surface area contributed by atoms with E-state index in [0.29, 0.717) is 16.7 Å². The normalized spacial score (nSPS) is 12.0. The number of halogens is 1. The molecule has 2 N–H and O–H groups in total. The van der Waals surface area contributed by atoms with Crippen LogP contribution in [-0.4, -0.2) is 38.3 Å². The lowest BCUT2D eigenvalue weighted by atomic mass is 10.3. The average Bonchev–Trinajstić information content (AvgIpc) is 2.28. The summed E-state index contributed by atoms with van der Waals surface area (Å²) in [4.78, 5) is 0.209. The van der Waals surface area contributed by atoms with E-state index in [4.69, 9.17) is 5.73 Å². The van der Waals surface area contributed by atoms with Crippen molar-refractivity contribution in [2.45, 2.75) is 4.90 Å². The van der Waals surface area contributed by atoms with Crippen LogP contribution >= 0.6 is 27.7 Å². The van der Waals surface area contributed by atoms with Gasteiger partial charge in [0.05, 0.1) is 4.90 Å². The van der Waals surface area contributed by atoms with Gasteiger partial charge in [-0.3, -0.25) is 0 Å². The highest BCUT2D eigenvalue weighted by Gasteiger charge is 2.23. The standard InChI is InChI=1S/C10H15BrN2O2S2/c1-13(5-6-16-2)17(14,15)10-7-8(12)3-4-9(10)11/h3-4,7H,5-6,12H2,1-2H3. The zero-order chi connectivity index (χ0) is 13.1. The second-order valence-corrected chi connectivity index (χ2v) is 7.36. The molecule has 0 aliphatic carbocycles. The van der Waals surface area contributed by atoms with Crippen molar-refractivity contribution in [2.24, 2.45) is 0 Å². The van der Waals surface area contributed by atoms with Crippen LogP contribution < -0.4 is 5.73 Å². The van der Waals surface area contributed by atoms with Crippen LogP contribution in [0.2, 0.25) is 0 Å². The van der Waals surface area contributed by atoms with Crippen molar-refractivity contribution in [1.29, 1.82) is 0 Å². The van der Waals surface area contributed by atoms with Crippen molar-refractivity contribution in [3.63, 3.8) is 0 Å². The summed E-state index contributed by atoms with van der Waals surface area (Å²) in [5.41, 5.74) is 6.05. The third-order valence-corrected chi connectivity index (χ3v) is 5.70. The lowest BCUT2D eigenvalue weighted by Crippen LogP contribution is -2.29. The van der Waals surface area contributed by atoms with Crippen LogP contribution in [-0.2, 0) is 10.0 Å². The van der Waals surface area contributed by atoms with E-state index in [0.717, 1.165) is 5.75 Å². The summed E-state index contributed by atoms with van der Waals surface area (Å²) in [6.45, 7) is 0.477. The third-order valence-electron chi connectivity index (χ3n) is 2.25. The van der Waals surface area contributed by atoms with Crippen molar-refractivity contribution < 1.29 is 8.42 Å². The Labute approximate surface area is 115 Å². The summed E-state index contributed by atoms with van der Waals surface area (Å²) in [6.07, 6.45) is 1.94. The number of rotatable bonds is 5. The fourth-order valence-corrected chi connectivity index (χ4v) is 3.92. The molecule has 17 heavy (non-hydrogen) atoms. The van der Waals surface area contributed by atoms with E-state index in [2.05, 4.69) is 15.9 Å². The van der Waals surface area contributed by atoms with Gasteiger partial charge in [-0.05, 0) is 40.4 Å². The summed E-state index contributed by atoms with van der Waals surface area (Å²) in [5.74, 6) is 0.760. The molecular weight excluding hydrogens is 324 g/mol.